The number of hydrogen-bond acceptors (Lipinski definition) is 6. The monoisotopic (exact) mass is 680 g/mol. The first-order valence-electron chi connectivity index (χ1n) is 18.9. The fraction of sp³-hybridized carbons (Fsp3) is 0.304. The highest BCUT2D eigenvalue weighted by Gasteiger charge is 2.55. The van der Waals surface area contributed by atoms with Crippen LogP contribution in [0.25, 0.3) is 0 Å². The molecule has 6 heteroatoms. The molecule has 8 aliphatic carbocycles. The maximum atomic E-state index is 12.0. The van der Waals surface area contributed by atoms with Crippen molar-refractivity contribution in [1.82, 2.24) is 0 Å². The minimum Gasteiger partial charge on any atom is -0.546 e. The first-order valence-corrected chi connectivity index (χ1v) is 18.9. The van der Waals surface area contributed by atoms with E-state index in [0.29, 0.717) is 35.2 Å². The Labute approximate surface area is 300 Å². The lowest BCUT2D eigenvalue weighted by Gasteiger charge is -2.33. The van der Waals surface area contributed by atoms with Gasteiger partial charge in [0.05, 0.1) is 11.9 Å². The SMILES string of the molecule is O=C([O-])COc1c2c(c(OCC(=O)[O-])c3c1C1CC3c3cc4c(cc31)C1CC4c3ccccc31)C1CC2c2cc3c(cc21)C1CC3c2ccccc21. The van der Waals surface area contributed by atoms with E-state index in [9.17, 15) is 19.8 Å². The van der Waals surface area contributed by atoms with Gasteiger partial charge in [-0.15, -0.1) is 0 Å². The molecule has 5 aromatic rings. The summed E-state index contributed by atoms with van der Waals surface area (Å²) in [6, 6.07) is 27.4. The van der Waals surface area contributed by atoms with Crippen molar-refractivity contribution in [3.63, 3.8) is 0 Å². The van der Waals surface area contributed by atoms with E-state index in [0.717, 1.165) is 47.9 Å². The first-order chi connectivity index (χ1) is 25.4. The Hall–Kier alpha value is -5.36. The van der Waals surface area contributed by atoms with E-state index in [1.807, 2.05) is 0 Å². The molecular formula is C46H32O6-2. The van der Waals surface area contributed by atoms with Gasteiger partial charge in [0, 0.05) is 69.6 Å². The van der Waals surface area contributed by atoms with Crippen molar-refractivity contribution in [2.24, 2.45) is 0 Å². The number of benzene rings is 5. The third-order valence-electron chi connectivity index (χ3n) is 14.6. The average molecular weight is 681 g/mol. The second-order valence-corrected chi connectivity index (χ2v) is 16.5. The van der Waals surface area contributed by atoms with Gasteiger partial charge in [-0.3, -0.25) is 0 Å². The third-order valence-corrected chi connectivity index (χ3v) is 14.6. The fourth-order valence-corrected chi connectivity index (χ4v) is 13.0. The number of aliphatic carboxylic acids is 2. The highest BCUT2D eigenvalue weighted by Crippen LogP contribution is 2.71. The molecular weight excluding hydrogens is 649 g/mol. The van der Waals surface area contributed by atoms with E-state index in [1.54, 1.807) is 0 Å². The summed E-state index contributed by atoms with van der Waals surface area (Å²) in [6.07, 6.45) is 3.87. The van der Waals surface area contributed by atoms with Crippen LogP contribution in [0.15, 0.2) is 72.8 Å². The molecule has 0 amide bonds. The van der Waals surface area contributed by atoms with E-state index in [-0.39, 0.29) is 23.7 Å². The van der Waals surface area contributed by atoms with Crippen LogP contribution in [0.4, 0.5) is 0 Å². The quantitative estimate of drug-likeness (QED) is 0.223. The van der Waals surface area contributed by atoms with Gasteiger partial charge in [-0.05, 0) is 92.4 Å². The van der Waals surface area contributed by atoms with Crippen molar-refractivity contribution in [1.29, 1.82) is 0 Å². The normalized spacial score (nSPS) is 28.2. The summed E-state index contributed by atoms with van der Waals surface area (Å²) in [5.74, 6) is 0.413. The second kappa shape index (κ2) is 9.35. The number of carbonyl (C=O) groups excluding carboxylic acids is 2. The van der Waals surface area contributed by atoms with E-state index in [2.05, 4.69) is 72.8 Å². The largest absolute Gasteiger partial charge is 0.546 e. The van der Waals surface area contributed by atoms with Crippen LogP contribution in [0, 0.1) is 0 Å². The predicted octanol–water partition coefficient (Wildman–Crippen LogP) is 5.87. The zero-order valence-electron chi connectivity index (χ0n) is 28.2. The van der Waals surface area contributed by atoms with Gasteiger partial charge in [0.1, 0.15) is 24.7 Å². The molecule has 8 bridgehead atoms. The van der Waals surface area contributed by atoms with E-state index >= 15 is 0 Å². The molecule has 0 aliphatic heterocycles. The number of fused-ring (bicyclic) bond motifs is 32. The lowest BCUT2D eigenvalue weighted by atomic mass is 9.74. The molecule has 13 rings (SSSR count). The van der Waals surface area contributed by atoms with Gasteiger partial charge in [-0.2, -0.15) is 0 Å². The molecule has 254 valence electrons. The summed E-state index contributed by atoms with van der Waals surface area (Å²) >= 11 is 0. The van der Waals surface area contributed by atoms with Crippen molar-refractivity contribution in [3.05, 3.63) is 162 Å². The molecule has 8 atom stereocenters. The Morgan fingerprint density at radius 1 is 0.423 bits per heavy atom. The topological polar surface area (TPSA) is 98.7 Å². The van der Waals surface area contributed by atoms with Crippen LogP contribution in [0.5, 0.6) is 11.5 Å². The summed E-state index contributed by atoms with van der Waals surface area (Å²) in [4.78, 5) is 24.0. The highest BCUT2D eigenvalue weighted by atomic mass is 16.5. The minimum absolute atomic E-state index is 0.00730. The molecule has 5 aromatic carbocycles. The molecule has 0 fully saturated rings. The summed E-state index contributed by atoms with van der Waals surface area (Å²) in [7, 11) is 0. The Morgan fingerprint density at radius 3 is 0.942 bits per heavy atom. The van der Waals surface area contributed by atoms with Gasteiger partial charge < -0.3 is 29.3 Å². The summed E-state index contributed by atoms with van der Waals surface area (Å²) in [6.45, 7) is -1.08. The van der Waals surface area contributed by atoms with Crippen LogP contribution in [0.1, 0.15) is 162 Å². The number of carboxylic acids is 2. The molecule has 6 nitrogen and oxygen atoms in total. The number of carbonyl (C=O) groups is 2. The van der Waals surface area contributed by atoms with Gasteiger partial charge in [-0.1, -0.05) is 72.8 Å². The molecule has 0 aromatic heterocycles. The second-order valence-electron chi connectivity index (χ2n) is 16.5. The third kappa shape index (κ3) is 3.21. The standard InChI is InChI=1S/C46H34O6/c47-39(48)17-51-45-41-35-15-36(32-12-28-24-9-23(27(28)11-31(32)35)19-5-1-2-6-20(19)24)42(41)46(52-18-40(49)50)44-38-16-37(43(44)45)33-13-29-25-10-26(30(29)14-34(33)38)22-8-4-3-7-21(22)25/h1-8,11-14,23-26,35-38H,9-10,15-18H2,(H,47,48)(H,49,50)/p-2. The van der Waals surface area contributed by atoms with Crippen LogP contribution in [-0.2, 0) is 9.59 Å². The molecule has 0 saturated carbocycles. The smallest absolute Gasteiger partial charge is 0.128 e. The Balaban J connectivity index is 1.01. The van der Waals surface area contributed by atoms with Gasteiger partial charge in [0.15, 0.2) is 0 Å². The van der Waals surface area contributed by atoms with Crippen molar-refractivity contribution < 1.29 is 29.3 Å². The van der Waals surface area contributed by atoms with Crippen molar-refractivity contribution in [3.8, 4) is 11.5 Å². The number of rotatable bonds is 6. The van der Waals surface area contributed by atoms with Gasteiger partial charge in [-0.25, -0.2) is 0 Å². The summed E-state index contributed by atoms with van der Waals surface area (Å²) < 4.78 is 12.8. The van der Waals surface area contributed by atoms with Gasteiger partial charge in [0.25, 0.3) is 0 Å². The van der Waals surface area contributed by atoms with Gasteiger partial charge >= 0.3 is 0 Å². The Bertz CT molecular complexity index is 2240. The maximum absolute atomic E-state index is 12.0. The van der Waals surface area contributed by atoms with Crippen LogP contribution >= 0.6 is 0 Å². The Morgan fingerprint density at radius 2 is 0.673 bits per heavy atom. The molecule has 52 heavy (non-hydrogen) atoms. The van der Waals surface area contributed by atoms with Crippen molar-refractivity contribution in [2.45, 2.75) is 73.0 Å². The summed E-state index contributed by atoms with van der Waals surface area (Å²) in [5, 5.41) is 24.0. The molecule has 0 saturated heterocycles. The molecule has 0 N–H and O–H groups in total. The van der Waals surface area contributed by atoms with E-state index < -0.39 is 25.2 Å². The molecule has 8 unspecified atom stereocenters. The average Bonchev–Trinajstić information content (AvgIpc) is 4.02. The highest BCUT2D eigenvalue weighted by molar-refractivity contribution is 5.80. The van der Waals surface area contributed by atoms with Crippen molar-refractivity contribution >= 4 is 11.9 Å². The Kier molecular flexibility index (Phi) is 5.08. The molecule has 0 radical (unpaired) electrons. The number of hydrogen-bond donors (Lipinski definition) is 0. The van der Waals surface area contributed by atoms with Crippen LogP contribution in [-0.4, -0.2) is 25.2 Å². The lowest BCUT2D eigenvalue weighted by Crippen LogP contribution is -2.30. The van der Waals surface area contributed by atoms with Gasteiger partial charge in [0.2, 0.25) is 0 Å². The summed E-state index contributed by atoms with van der Waals surface area (Å²) in [5.41, 5.74) is 20.5. The fourth-order valence-electron chi connectivity index (χ4n) is 13.0. The lowest BCUT2D eigenvalue weighted by molar-refractivity contribution is -0.308. The minimum atomic E-state index is -1.26. The van der Waals surface area contributed by atoms with E-state index in [1.165, 1.54) is 66.8 Å². The van der Waals surface area contributed by atoms with Crippen LogP contribution in [0.3, 0.4) is 0 Å². The number of ether oxygens (including phenoxy) is 2. The number of carboxylic acid groups (broad SMARTS) is 2. The molecule has 0 heterocycles. The first kappa shape index (κ1) is 28.3. The zero-order chi connectivity index (χ0) is 34.3. The zero-order valence-corrected chi connectivity index (χ0v) is 28.2. The van der Waals surface area contributed by atoms with Crippen molar-refractivity contribution in [2.75, 3.05) is 13.2 Å². The molecule has 8 aliphatic rings. The predicted molar refractivity (Wildman–Crippen MR) is 186 cm³/mol. The maximum Gasteiger partial charge on any atom is 0.128 e. The van der Waals surface area contributed by atoms with Crippen LogP contribution in [0.2, 0.25) is 0 Å². The molecule has 0 spiro atoms. The van der Waals surface area contributed by atoms with Crippen LogP contribution < -0.4 is 19.7 Å². The van der Waals surface area contributed by atoms with E-state index in [4.69, 9.17) is 9.47 Å².